The normalized spacial score (nSPS) is 12.2. The lowest BCUT2D eigenvalue weighted by Gasteiger charge is -2.19. The van der Waals surface area contributed by atoms with Crippen LogP contribution in [0.5, 0.6) is 5.75 Å². The molecule has 2 aromatic carbocycles. The molecule has 0 spiro atoms. The molecular formula is C24H35N2O2+. The number of amides is 1. The lowest BCUT2D eigenvalue weighted by Crippen LogP contribution is -3.05. The molecule has 0 bridgehead atoms. The van der Waals surface area contributed by atoms with Crippen LogP contribution in [-0.2, 0) is 4.79 Å². The van der Waals surface area contributed by atoms with E-state index in [1.165, 1.54) is 10.5 Å². The number of ether oxygens (including phenoxy) is 1. The second kappa shape index (κ2) is 10.9. The molecule has 0 fully saturated rings. The van der Waals surface area contributed by atoms with E-state index < -0.39 is 0 Å². The molecule has 2 rings (SSSR count). The van der Waals surface area contributed by atoms with E-state index in [0.29, 0.717) is 6.42 Å². The monoisotopic (exact) mass is 383 g/mol. The van der Waals surface area contributed by atoms with Gasteiger partial charge in [0.15, 0.2) is 0 Å². The molecule has 0 heterocycles. The summed E-state index contributed by atoms with van der Waals surface area (Å²) in [5.74, 6) is 0.993. The van der Waals surface area contributed by atoms with Gasteiger partial charge in [-0.05, 0) is 44.0 Å². The molecule has 152 valence electrons. The molecule has 0 radical (unpaired) electrons. The molecule has 1 atom stereocenters. The number of hydrogen-bond acceptors (Lipinski definition) is 2. The third kappa shape index (κ3) is 7.35. The number of benzene rings is 2. The molecule has 0 aliphatic carbocycles. The third-order valence-corrected chi connectivity index (χ3v) is 4.70. The Morgan fingerprint density at radius 3 is 2.11 bits per heavy atom. The van der Waals surface area contributed by atoms with E-state index in [4.69, 9.17) is 4.74 Å². The standard InChI is InChI=1S/C24H34N2O2/c1-18(2)28-22-13-11-21(12-14-22)23(20-9-7-19(3)8-10-20)17-24(27)25-15-6-16-26(4)5/h7-14,18,23H,6,15-17H2,1-5H3,(H,25,27)/p+1/t23-/m0/s1. The first-order valence-electron chi connectivity index (χ1n) is 10.2. The summed E-state index contributed by atoms with van der Waals surface area (Å²) >= 11 is 0. The highest BCUT2D eigenvalue weighted by Gasteiger charge is 2.18. The molecule has 0 aliphatic heterocycles. The average Bonchev–Trinajstić information content (AvgIpc) is 2.64. The summed E-state index contributed by atoms with van der Waals surface area (Å²) in [5.41, 5.74) is 3.52. The Bertz CT molecular complexity index is 721. The Kier molecular flexibility index (Phi) is 8.52. The summed E-state index contributed by atoms with van der Waals surface area (Å²) < 4.78 is 5.75. The Labute approximate surface area is 169 Å². The zero-order valence-corrected chi connectivity index (χ0v) is 17.9. The topological polar surface area (TPSA) is 42.8 Å². The molecule has 28 heavy (non-hydrogen) atoms. The van der Waals surface area contributed by atoms with Gasteiger partial charge in [-0.3, -0.25) is 4.79 Å². The molecule has 0 unspecified atom stereocenters. The molecule has 0 aromatic heterocycles. The van der Waals surface area contributed by atoms with E-state index in [9.17, 15) is 4.79 Å². The van der Waals surface area contributed by atoms with Crippen LogP contribution in [0.1, 0.15) is 49.3 Å². The highest BCUT2D eigenvalue weighted by Crippen LogP contribution is 2.30. The van der Waals surface area contributed by atoms with Gasteiger partial charge in [0, 0.05) is 25.3 Å². The van der Waals surface area contributed by atoms with Crippen LogP contribution in [0.2, 0.25) is 0 Å². The van der Waals surface area contributed by atoms with E-state index in [-0.39, 0.29) is 17.9 Å². The van der Waals surface area contributed by atoms with Gasteiger partial charge in [-0.25, -0.2) is 0 Å². The molecule has 2 aromatic rings. The Morgan fingerprint density at radius 1 is 1.00 bits per heavy atom. The Balaban J connectivity index is 2.11. The summed E-state index contributed by atoms with van der Waals surface area (Å²) in [6.07, 6.45) is 1.58. The van der Waals surface area contributed by atoms with Crippen LogP contribution in [0.15, 0.2) is 48.5 Å². The molecule has 0 saturated heterocycles. The fraction of sp³-hybridized carbons (Fsp3) is 0.458. The van der Waals surface area contributed by atoms with E-state index in [2.05, 4.69) is 62.7 Å². The molecule has 1 amide bonds. The highest BCUT2D eigenvalue weighted by atomic mass is 16.5. The van der Waals surface area contributed by atoms with E-state index >= 15 is 0 Å². The molecule has 0 saturated carbocycles. The maximum absolute atomic E-state index is 12.6. The maximum Gasteiger partial charge on any atom is 0.220 e. The van der Waals surface area contributed by atoms with Crippen molar-refractivity contribution in [1.82, 2.24) is 5.32 Å². The summed E-state index contributed by atoms with van der Waals surface area (Å²) in [6.45, 7) is 7.90. The van der Waals surface area contributed by atoms with Gasteiger partial charge in [-0.15, -0.1) is 0 Å². The van der Waals surface area contributed by atoms with Crippen molar-refractivity contribution in [3.05, 3.63) is 65.2 Å². The predicted octanol–water partition coefficient (Wildman–Crippen LogP) is 2.96. The highest BCUT2D eigenvalue weighted by molar-refractivity contribution is 5.77. The second-order valence-corrected chi connectivity index (χ2v) is 8.06. The van der Waals surface area contributed by atoms with Crippen molar-refractivity contribution < 1.29 is 14.4 Å². The number of carbonyl (C=O) groups excluding carboxylic acids is 1. The van der Waals surface area contributed by atoms with Crippen molar-refractivity contribution in [2.75, 3.05) is 27.2 Å². The lowest BCUT2D eigenvalue weighted by molar-refractivity contribution is -0.858. The second-order valence-electron chi connectivity index (χ2n) is 8.06. The number of rotatable bonds is 10. The zero-order valence-electron chi connectivity index (χ0n) is 17.9. The largest absolute Gasteiger partial charge is 0.491 e. The number of nitrogens with one attached hydrogen (secondary N) is 2. The Morgan fingerprint density at radius 2 is 1.57 bits per heavy atom. The zero-order chi connectivity index (χ0) is 20.5. The predicted molar refractivity (Wildman–Crippen MR) is 115 cm³/mol. The van der Waals surface area contributed by atoms with Gasteiger partial charge < -0.3 is 15.0 Å². The van der Waals surface area contributed by atoms with Gasteiger partial charge in [-0.1, -0.05) is 42.0 Å². The van der Waals surface area contributed by atoms with Crippen LogP contribution in [0, 0.1) is 6.92 Å². The van der Waals surface area contributed by atoms with Crippen molar-refractivity contribution in [3.8, 4) is 5.75 Å². The van der Waals surface area contributed by atoms with E-state index in [0.717, 1.165) is 36.4 Å². The number of quaternary nitrogens is 1. The fourth-order valence-electron chi connectivity index (χ4n) is 3.21. The number of hydrogen-bond donors (Lipinski definition) is 2. The first kappa shape index (κ1) is 22.0. The first-order valence-corrected chi connectivity index (χ1v) is 10.2. The van der Waals surface area contributed by atoms with Crippen LogP contribution in [-0.4, -0.2) is 39.2 Å². The van der Waals surface area contributed by atoms with Crippen molar-refractivity contribution >= 4 is 5.91 Å². The molecular weight excluding hydrogens is 348 g/mol. The number of carbonyl (C=O) groups is 1. The summed E-state index contributed by atoms with van der Waals surface area (Å²) in [5, 5.41) is 3.08. The van der Waals surface area contributed by atoms with Crippen molar-refractivity contribution in [2.24, 2.45) is 0 Å². The van der Waals surface area contributed by atoms with Crippen LogP contribution in [0.3, 0.4) is 0 Å². The quantitative estimate of drug-likeness (QED) is 0.620. The van der Waals surface area contributed by atoms with Gasteiger partial charge in [0.05, 0.1) is 26.7 Å². The van der Waals surface area contributed by atoms with Crippen LogP contribution >= 0.6 is 0 Å². The van der Waals surface area contributed by atoms with Gasteiger partial charge >= 0.3 is 0 Å². The third-order valence-electron chi connectivity index (χ3n) is 4.70. The van der Waals surface area contributed by atoms with Gasteiger partial charge in [0.2, 0.25) is 5.91 Å². The van der Waals surface area contributed by atoms with Gasteiger partial charge in [-0.2, -0.15) is 0 Å². The maximum atomic E-state index is 12.6. The van der Waals surface area contributed by atoms with Gasteiger partial charge in [0.25, 0.3) is 0 Å². The van der Waals surface area contributed by atoms with Crippen LogP contribution in [0.25, 0.3) is 0 Å². The first-order chi connectivity index (χ1) is 13.3. The molecule has 4 heteroatoms. The Hall–Kier alpha value is -2.33. The van der Waals surface area contributed by atoms with E-state index in [1.54, 1.807) is 0 Å². The minimum atomic E-state index is 0.0353. The SMILES string of the molecule is Cc1ccc([C@H](CC(=O)NCCC[NH+](C)C)c2ccc(OC(C)C)cc2)cc1. The summed E-state index contributed by atoms with van der Waals surface area (Å²) in [7, 11) is 4.25. The van der Waals surface area contributed by atoms with E-state index in [1.807, 2.05) is 26.0 Å². The fourth-order valence-corrected chi connectivity index (χ4v) is 3.21. The minimum Gasteiger partial charge on any atom is -0.491 e. The van der Waals surface area contributed by atoms with Gasteiger partial charge in [0.1, 0.15) is 5.75 Å². The van der Waals surface area contributed by atoms with Crippen molar-refractivity contribution in [2.45, 2.75) is 45.6 Å². The smallest absolute Gasteiger partial charge is 0.220 e. The lowest BCUT2D eigenvalue weighted by atomic mass is 9.88. The average molecular weight is 384 g/mol. The van der Waals surface area contributed by atoms with Crippen LogP contribution in [0.4, 0.5) is 0 Å². The molecule has 4 nitrogen and oxygen atoms in total. The van der Waals surface area contributed by atoms with Crippen molar-refractivity contribution in [1.29, 1.82) is 0 Å². The number of aryl methyl sites for hydroxylation is 1. The minimum absolute atomic E-state index is 0.0353. The summed E-state index contributed by atoms with van der Waals surface area (Å²) in [4.78, 5) is 14.0. The molecule has 2 N–H and O–H groups in total. The van der Waals surface area contributed by atoms with Crippen LogP contribution < -0.4 is 15.0 Å². The summed E-state index contributed by atoms with van der Waals surface area (Å²) in [6, 6.07) is 16.6. The van der Waals surface area contributed by atoms with Crippen molar-refractivity contribution in [3.63, 3.8) is 0 Å². The molecule has 0 aliphatic rings.